The fourth-order valence-corrected chi connectivity index (χ4v) is 1.43. The average molecular weight is 204 g/mol. The molecule has 76 valence electrons. The monoisotopic (exact) mass is 204 g/mol. The molecule has 0 aliphatic carbocycles. The first-order valence-corrected chi connectivity index (χ1v) is 4.51. The van der Waals surface area contributed by atoms with E-state index < -0.39 is 5.82 Å². The molecule has 0 N–H and O–H groups in total. The Morgan fingerprint density at radius 2 is 2.07 bits per heavy atom. The van der Waals surface area contributed by atoms with Crippen LogP contribution in [-0.4, -0.2) is 5.78 Å². The number of aryl methyl sites for hydroxylation is 1. The normalized spacial score (nSPS) is 10.3. The zero-order valence-corrected chi connectivity index (χ0v) is 8.16. The van der Waals surface area contributed by atoms with Gasteiger partial charge in [0.2, 0.25) is 0 Å². The fraction of sp³-hybridized carbons (Fsp3) is 0.0833. The number of benzene rings is 1. The van der Waals surface area contributed by atoms with E-state index in [0.29, 0.717) is 11.1 Å². The third-order valence-corrected chi connectivity index (χ3v) is 2.09. The number of furan rings is 1. The second kappa shape index (κ2) is 3.69. The van der Waals surface area contributed by atoms with E-state index in [1.807, 2.05) is 0 Å². The van der Waals surface area contributed by atoms with Gasteiger partial charge in [0.15, 0.2) is 5.78 Å². The molecule has 0 fully saturated rings. The number of carbonyl (C=O) groups excluding carboxylic acids is 1. The van der Waals surface area contributed by atoms with Crippen molar-refractivity contribution in [3.63, 3.8) is 0 Å². The standard InChI is InChI=1S/C12H9FO2/c1-8-4-10(6-11(13)5-8)12(14)9-2-3-15-7-9/h2-7H,1H3. The van der Waals surface area contributed by atoms with Gasteiger partial charge in [-0.1, -0.05) is 0 Å². The molecule has 0 saturated heterocycles. The van der Waals surface area contributed by atoms with E-state index in [9.17, 15) is 9.18 Å². The molecule has 0 saturated carbocycles. The van der Waals surface area contributed by atoms with Gasteiger partial charge in [0.05, 0.1) is 11.8 Å². The summed E-state index contributed by atoms with van der Waals surface area (Å²) in [4.78, 5) is 11.8. The molecule has 3 heteroatoms. The Bertz CT molecular complexity index is 466. The summed E-state index contributed by atoms with van der Waals surface area (Å²) >= 11 is 0. The van der Waals surface area contributed by atoms with Crippen LogP contribution in [0.1, 0.15) is 21.5 Å². The Morgan fingerprint density at radius 3 is 2.67 bits per heavy atom. The van der Waals surface area contributed by atoms with E-state index >= 15 is 0 Å². The highest BCUT2D eigenvalue weighted by Crippen LogP contribution is 2.13. The van der Waals surface area contributed by atoms with Crippen molar-refractivity contribution >= 4 is 5.78 Å². The van der Waals surface area contributed by atoms with Crippen LogP contribution < -0.4 is 0 Å². The van der Waals surface area contributed by atoms with Gasteiger partial charge in [0, 0.05) is 5.56 Å². The van der Waals surface area contributed by atoms with E-state index in [2.05, 4.69) is 0 Å². The summed E-state index contributed by atoms with van der Waals surface area (Å²) in [6.45, 7) is 1.75. The minimum Gasteiger partial charge on any atom is -0.472 e. The van der Waals surface area contributed by atoms with Gasteiger partial charge in [-0.15, -0.1) is 0 Å². The lowest BCUT2D eigenvalue weighted by Crippen LogP contribution is -2.00. The summed E-state index contributed by atoms with van der Waals surface area (Å²) in [5, 5.41) is 0. The van der Waals surface area contributed by atoms with E-state index in [1.54, 1.807) is 19.1 Å². The van der Waals surface area contributed by atoms with Gasteiger partial charge in [0.25, 0.3) is 0 Å². The molecular formula is C12H9FO2. The van der Waals surface area contributed by atoms with Gasteiger partial charge in [0.1, 0.15) is 12.1 Å². The number of halogens is 1. The Labute approximate surface area is 86.3 Å². The average Bonchev–Trinajstić information content (AvgIpc) is 2.67. The molecule has 0 aliphatic rings. The van der Waals surface area contributed by atoms with Crippen LogP contribution in [0.2, 0.25) is 0 Å². The van der Waals surface area contributed by atoms with Crippen molar-refractivity contribution in [1.29, 1.82) is 0 Å². The van der Waals surface area contributed by atoms with Crippen molar-refractivity contribution in [2.75, 3.05) is 0 Å². The summed E-state index contributed by atoms with van der Waals surface area (Å²) in [7, 11) is 0. The predicted octanol–water partition coefficient (Wildman–Crippen LogP) is 2.96. The lowest BCUT2D eigenvalue weighted by Gasteiger charge is -2.00. The van der Waals surface area contributed by atoms with Crippen LogP contribution in [0, 0.1) is 12.7 Å². The summed E-state index contributed by atoms with van der Waals surface area (Å²) in [5.74, 6) is -0.631. The molecular weight excluding hydrogens is 195 g/mol. The topological polar surface area (TPSA) is 30.2 Å². The van der Waals surface area contributed by atoms with Gasteiger partial charge in [-0.3, -0.25) is 4.79 Å². The first-order chi connectivity index (χ1) is 7.16. The van der Waals surface area contributed by atoms with Crippen LogP contribution in [0.25, 0.3) is 0 Å². The highest BCUT2D eigenvalue weighted by Gasteiger charge is 2.11. The van der Waals surface area contributed by atoms with Crippen LogP contribution in [-0.2, 0) is 0 Å². The van der Waals surface area contributed by atoms with Gasteiger partial charge in [-0.2, -0.15) is 0 Å². The number of ketones is 1. The zero-order chi connectivity index (χ0) is 10.8. The van der Waals surface area contributed by atoms with E-state index in [-0.39, 0.29) is 5.78 Å². The molecule has 0 aliphatic heterocycles. The molecule has 0 spiro atoms. The molecule has 1 aromatic heterocycles. The fourth-order valence-electron chi connectivity index (χ4n) is 1.43. The van der Waals surface area contributed by atoms with Crippen molar-refractivity contribution in [3.05, 3.63) is 59.3 Å². The number of hydrogen-bond donors (Lipinski definition) is 0. The van der Waals surface area contributed by atoms with Gasteiger partial charge >= 0.3 is 0 Å². The summed E-state index contributed by atoms with van der Waals surface area (Å²) in [6.07, 6.45) is 2.77. The maximum Gasteiger partial charge on any atom is 0.196 e. The highest BCUT2D eigenvalue weighted by molar-refractivity contribution is 6.08. The molecule has 2 aromatic rings. The van der Waals surface area contributed by atoms with Crippen molar-refractivity contribution < 1.29 is 13.6 Å². The third-order valence-electron chi connectivity index (χ3n) is 2.09. The van der Waals surface area contributed by atoms with Gasteiger partial charge in [-0.05, 0) is 36.8 Å². The van der Waals surface area contributed by atoms with Crippen molar-refractivity contribution in [1.82, 2.24) is 0 Å². The van der Waals surface area contributed by atoms with Crippen LogP contribution >= 0.6 is 0 Å². The second-order valence-electron chi connectivity index (χ2n) is 3.36. The Morgan fingerprint density at radius 1 is 1.27 bits per heavy atom. The highest BCUT2D eigenvalue weighted by atomic mass is 19.1. The lowest BCUT2D eigenvalue weighted by molar-refractivity contribution is 0.103. The van der Waals surface area contributed by atoms with E-state index in [0.717, 1.165) is 5.56 Å². The van der Waals surface area contributed by atoms with Gasteiger partial charge in [-0.25, -0.2) is 4.39 Å². The zero-order valence-electron chi connectivity index (χ0n) is 8.16. The quantitative estimate of drug-likeness (QED) is 0.704. The first kappa shape index (κ1) is 9.65. The van der Waals surface area contributed by atoms with Crippen LogP contribution in [0.15, 0.2) is 41.2 Å². The Hall–Kier alpha value is -1.90. The molecule has 0 unspecified atom stereocenters. The number of hydrogen-bond acceptors (Lipinski definition) is 2. The largest absolute Gasteiger partial charge is 0.472 e. The van der Waals surface area contributed by atoms with Crippen LogP contribution in [0.5, 0.6) is 0 Å². The molecule has 0 bridgehead atoms. The SMILES string of the molecule is Cc1cc(F)cc(C(=O)c2ccoc2)c1. The Balaban J connectivity index is 2.42. The maximum absolute atomic E-state index is 13.1. The minimum atomic E-state index is -0.401. The maximum atomic E-state index is 13.1. The van der Waals surface area contributed by atoms with Crippen LogP contribution in [0.3, 0.4) is 0 Å². The molecule has 15 heavy (non-hydrogen) atoms. The van der Waals surface area contributed by atoms with Crippen molar-refractivity contribution in [3.8, 4) is 0 Å². The third kappa shape index (κ3) is 1.96. The van der Waals surface area contributed by atoms with Gasteiger partial charge < -0.3 is 4.42 Å². The predicted molar refractivity (Wildman–Crippen MR) is 53.3 cm³/mol. The summed E-state index contributed by atoms with van der Waals surface area (Å²) in [6, 6.07) is 5.81. The summed E-state index contributed by atoms with van der Waals surface area (Å²) < 4.78 is 17.9. The van der Waals surface area contributed by atoms with Crippen LogP contribution in [0.4, 0.5) is 4.39 Å². The molecule has 2 nitrogen and oxygen atoms in total. The number of rotatable bonds is 2. The van der Waals surface area contributed by atoms with E-state index in [1.165, 1.54) is 24.7 Å². The first-order valence-electron chi connectivity index (χ1n) is 4.51. The molecule has 0 amide bonds. The van der Waals surface area contributed by atoms with Crippen molar-refractivity contribution in [2.24, 2.45) is 0 Å². The molecule has 1 heterocycles. The minimum absolute atomic E-state index is 0.230. The molecule has 0 radical (unpaired) electrons. The van der Waals surface area contributed by atoms with Crippen molar-refractivity contribution in [2.45, 2.75) is 6.92 Å². The molecule has 0 atom stereocenters. The summed E-state index contributed by atoms with van der Waals surface area (Å²) in [5.41, 5.74) is 1.50. The Kier molecular flexibility index (Phi) is 2.37. The van der Waals surface area contributed by atoms with E-state index in [4.69, 9.17) is 4.42 Å². The second-order valence-corrected chi connectivity index (χ2v) is 3.36. The lowest BCUT2D eigenvalue weighted by atomic mass is 10.0. The molecule has 2 rings (SSSR count). The molecule has 1 aromatic carbocycles. The smallest absolute Gasteiger partial charge is 0.196 e. The number of carbonyl (C=O) groups is 1.